The standard InChI is InChI=1S/C14H17ClN2O3/c1-9-3-4-11(17(19)20)7-12(9)14(18)16-6-5-10(2)13(16)8-15/h3-4,7,10,13H,5-6,8H2,1-2H3. The minimum atomic E-state index is -0.484. The molecule has 1 saturated heterocycles. The molecule has 0 saturated carbocycles. The van der Waals surface area contributed by atoms with Crippen molar-refractivity contribution in [3.8, 4) is 0 Å². The number of alkyl halides is 1. The van der Waals surface area contributed by atoms with Crippen molar-refractivity contribution in [2.24, 2.45) is 5.92 Å². The van der Waals surface area contributed by atoms with Gasteiger partial charge in [-0.3, -0.25) is 14.9 Å². The molecule has 0 aromatic heterocycles. The average molecular weight is 297 g/mol. The number of halogens is 1. The number of hydrogen-bond acceptors (Lipinski definition) is 3. The maximum absolute atomic E-state index is 12.6. The molecule has 2 rings (SSSR count). The molecule has 0 bridgehead atoms. The fourth-order valence-corrected chi connectivity index (χ4v) is 3.08. The smallest absolute Gasteiger partial charge is 0.270 e. The van der Waals surface area contributed by atoms with Crippen LogP contribution in [0.4, 0.5) is 5.69 Å². The van der Waals surface area contributed by atoms with E-state index in [2.05, 4.69) is 6.92 Å². The first-order valence-electron chi connectivity index (χ1n) is 6.57. The lowest BCUT2D eigenvalue weighted by atomic mass is 10.0. The fraction of sp³-hybridized carbons (Fsp3) is 0.500. The fourth-order valence-electron chi connectivity index (χ4n) is 2.60. The van der Waals surface area contributed by atoms with Crippen LogP contribution in [0.3, 0.4) is 0 Å². The summed E-state index contributed by atoms with van der Waals surface area (Å²) in [5.41, 5.74) is 1.07. The number of benzene rings is 1. The number of carbonyl (C=O) groups is 1. The lowest BCUT2D eigenvalue weighted by molar-refractivity contribution is -0.384. The van der Waals surface area contributed by atoms with Gasteiger partial charge < -0.3 is 4.90 Å². The number of amides is 1. The van der Waals surface area contributed by atoms with Gasteiger partial charge in [-0.05, 0) is 24.8 Å². The van der Waals surface area contributed by atoms with Gasteiger partial charge in [-0.2, -0.15) is 0 Å². The Labute approximate surface area is 122 Å². The molecular formula is C14H17ClN2O3. The first-order chi connectivity index (χ1) is 9.45. The predicted octanol–water partition coefficient (Wildman–Crippen LogP) is 2.99. The summed E-state index contributed by atoms with van der Waals surface area (Å²) >= 11 is 5.95. The van der Waals surface area contributed by atoms with Crippen molar-refractivity contribution in [3.63, 3.8) is 0 Å². The van der Waals surface area contributed by atoms with E-state index in [1.54, 1.807) is 17.9 Å². The van der Waals surface area contributed by atoms with Crippen molar-refractivity contribution >= 4 is 23.2 Å². The van der Waals surface area contributed by atoms with Crippen molar-refractivity contribution in [1.29, 1.82) is 0 Å². The number of nitrogens with zero attached hydrogens (tertiary/aromatic N) is 2. The molecule has 0 aliphatic carbocycles. The van der Waals surface area contributed by atoms with E-state index in [0.29, 0.717) is 23.9 Å². The highest BCUT2D eigenvalue weighted by Gasteiger charge is 2.34. The topological polar surface area (TPSA) is 63.5 Å². The molecule has 5 nitrogen and oxygen atoms in total. The third-order valence-electron chi connectivity index (χ3n) is 3.96. The van der Waals surface area contributed by atoms with Gasteiger partial charge in [0.15, 0.2) is 0 Å². The van der Waals surface area contributed by atoms with E-state index in [1.165, 1.54) is 12.1 Å². The molecule has 0 N–H and O–H groups in total. The molecule has 6 heteroatoms. The molecule has 20 heavy (non-hydrogen) atoms. The normalized spacial score (nSPS) is 22.1. The molecule has 108 valence electrons. The second-order valence-corrected chi connectivity index (χ2v) is 5.55. The van der Waals surface area contributed by atoms with Gasteiger partial charge in [0.2, 0.25) is 0 Å². The monoisotopic (exact) mass is 296 g/mol. The Bertz CT molecular complexity index is 547. The number of likely N-dealkylation sites (tertiary alicyclic amines) is 1. The quantitative estimate of drug-likeness (QED) is 0.489. The highest BCUT2D eigenvalue weighted by Crippen LogP contribution is 2.28. The van der Waals surface area contributed by atoms with Crippen molar-refractivity contribution < 1.29 is 9.72 Å². The number of aryl methyl sites for hydroxylation is 1. The molecule has 1 amide bonds. The summed E-state index contributed by atoms with van der Waals surface area (Å²) < 4.78 is 0. The van der Waals surface area contributed by atoms with Crippen LogP contribution in [-0.2, 0) is 0 Å². The summed E-state index contributed by atoms with van der Waals surface area (Å²) in [6.45, 7) is 4.51. The number of rotatable bonds is 3. The van der Waals surface area contributed by atoms with E-state index >= 15 is 0 Å². The lowest BCUT2D eigenvalue weighted by Crippen LogP contribution is -2.39. The Morgan fingerprint density at radius 2 is 2.25 bits per heavy atom. The molecule has 1 aromatic carbocycles. The number of nitro benzene ring substituents is 1. The van der Waals surface area contributed by atoms with Gasteiger partial charge in [-0.15, -0.1) is 11.6 Å². The molecule has 1 aromatic rings. The summed E-state index contributed by atoms with van der Waals surface area (Å²) in [6.07, 6.45) is 0.914. The Morgan fingerprint density at radius 3 is 2.85 bits per heavy atom. The van der Waals surface area contributed by atoms with Crippen LogP contribution >= 0.6 is 11.6 Å². The second kappa shape index (κ2) is 5.79. The van der Waals surface area contributed by atoms with E-state index in [9.17, 15) is 14.9 Å². The first kappa shape index (κ1) is 14.8. The number of hydrogen-bond donors (Lipinski definition) is 0. The van der Waals surface area contributed by atoms with Crippen molar-refractivity contribution in [1.82, 2.24) is 4.90 Å². The molecule has 0 spiro atoms. The average Bonchev–Trinajstić information content (AvgIpc) is 2.79. The molecule has 1 aliphatic rings. The molecule has 1 heterocycles. The Morgan fingerprint density at radius 1 is 1.55 bits per heavy atom. The summed E-state index contributed by atoms with van der Waals surface area (Å²) in [4.78, 5) is 24.7. The molecule has 2 unspecified atom stereocenters. The van der Waals surface area contributed by atoms with Gasteiger partial charge in [-0.1, -0.05) is 13.0 Å². The van der Waals surface area contributed by atoms with Crippen LogP contribution in [0.25, 0.3) is 0 Å². The Kier molecular flexibility index (Phi) is 4.28. The van der Waals surface area contributed by atoms with E-state index in [-0.39, 0.29) is 17.6 Å². The van der Waals surface area contributed by atoms with E-state index < -0.39 is 4.92 Å². The van der Waals surface area contributed by atoms with Gasteiger partial charge in [-0.25, -0.2) is 0 Å². The number of non-ortho nitro benzene ring substituents is 1. The lowest BCUT2D eigenvalue weighted by Gasteiger charge is -2.25. The molecule has 0 radical (unpaired) electrons. The highest BCUT2D eigenvalue weighted by molar-refractivity contribution is 6.18. The summed E-state index contributed by atoms with van der Waals surface area (Å²) in [5, 5.41) is 10.8. The summed E-state index contributed by atoms with van der Waals surface area (Å²) in [7, 11) is 0. The van der Waals surface area contributed by atoms with Crippen LogP contribution in [0.1, 0.15) is 29.3 Å². The van der Waals surface area contributed by atoms with Crippen LogP contribution in [0.15, 0.2) is 18.2 Å². The van der Waals surface area contributed by atoms with Crippen molar-refractivity contribution in [2.75, 3.05) is 12.4 Å². The van der Waals surface area contributed by atoms with Gasteiger partial charge in [0.25, 0.3) is 11.6 Å². The summed E-state index contributed by atoms with van der Waals surface area (Å²) in [6, 6.07) is 4.38. The van der Waals surface area contributed by atoms with Crippen LogP contribution in [0.5, 0.6) is 0 Å². The largest absolute Gasteiger partial charge is 0.334 e. The Hall–Kier alpha value is -1.62. The minimum absolute atomic E-state index is 0.00262. The van der Waals surface area contributed by atoms with Gasteiger partial charge in [0, 0.05) is 36.2 Å². The highest BCUT2D eigenvalue weighted by atomic mass is 35.5. The number of nitro groups is 1. The molecule has 2 atom stereocenters. The maximum Gasteiger partial charge on any atom is 0.270 e. The van der Waals surface area contributed by atoms with Gasteiger partial charge in [0.05, 0.1) is 4.92 Å². The maximum atomic E-state index is 12.6. The van der Waals surface area contributed by atoms with Crippen LogP contribution in [0.2, 0.25) is 0 Å². The Balaban J connectivity index is 2.33. The van der Waals surface area contributed by atoms with E-state index in [0.717, 1.165) is 12.0 Å². The van der Waals surface area contributed by atoms with Crippen molar-refractivity contribution in [3.05, 3.63) is 39.4 Å². The third kappa shape index (κ3) is 2.63. The predicted molar refractivity (Wildman–Crippen MR) is 77.2 cm³/mol. The van der Waals surface area contributed by atoms with Crippen LogP contribution < -0.4 is 0 Å². The van der Waals surface area contributed by atoms with Gasteiger partial charge >= 0.3 is 0 Å². The van der Waals surface area contributed by atoms with Crippen LogP contribution in [0, 0.1) is 23.0 Å². The van der Waals surface area contributed by atoms with Gasteiger partial charge in [0.1, 0.15) is 0 Å². The molecular weight excluding hydrogens is 280 g/mol. The van der Waals surface area contributed by atoms with Crippen molar-refractivity contribution in [2.45, 2.75) is 26.3 Å². The second-order valence-electron chi connectivity index (χ2n) is 5.24. The SMILES string of the molecule is Cc1ccc([N+](=O)[O-])cc1C(=O)N1CCC(C)C1CCl. The summed E-state index contributed by atoms with van der Waals surface area (Å²) in [5.74, 6) is 0.581. The number of carbonyl (C=O) groups excluding carboxylic acids is 1. The van der Waals surface area contributed by atoms with E-state index in [1.807, 2.05) is 0 Å². The van der Waals surface area contributed by atoms with Crippen LogP contribution in [-0.4, -0.2) is 34.2 Å². The third-order valence-corrected chi connectivity index (χ3v) is 4.28. The zero-order valence-electron chi connectivity index (χ0n) is 11.5. The first-order valence-corrected chi connectivity index (χ1v) is 7.11. The zero-order valence-corrected chi connectivity index (χ0v) is 12.3. The minimum Gasteiger partial charge on any atom is -0.334 e. The molecule has 1 fully saturated rings. The zero-order chi connectivity index (χ0) is 14.9. The molecule has 1 aliphatic heterocycles. The van der Waals surface area contributed by atoms with E-state index in [4.69, 9.17) is 11.6 Å².